The normalized spacial score (nSPS) is 17.0. The lowest BCUT2D eigenvalue weighted by molar-refractivity contribution is 0.206. The third kappa shape index (κ3) is 7.14. The number of benzene rings is 1. The summed E-state index contributed by atoms with van der Waals surface area (Å²) in [6.45, 7) is 6.87. The predicted molar refractivity (Wildman–Crippen MR) is 106 cm³/mol. The van der Waals surface area contributed by atoms with Crippen molar-refractivity contribution < 1.29 is 0 Å². The van der Waals surface area contributed by atoms with Crippen LogP contribution in [-0.4, -0.2) is 55.9 Å². The fourth-order valence-electron chi connectivity index (χ4n) is 2.99. The molecule has 1 heterocycles. The second kappa shape index (κ2) is 11.4. The minimum absolute atomic E-state index is 0.558. The Labute approximate surface area is 151 Å². The molecule has 0 atom stereocenters. The summed E-state index contributed by atoms with van der Waals surface area (Å²) >= 11 is 1.91. The molecule has 4 nitrogen and oxygen atoms in total. The zero-order chi connectivity index (χ0) is 17.0. The number of thioether (sulfide) groups is 1. The molecule has 1 fully saturated rings. The monoisotopic (exact) mass is 348 g/mol. The molecule has 1 aromatic rings. The fourth-order valence-corrected chi connectivity index (χ4v) is 3.86. The molecule has 1 aliphatic heterocycles. The van der Waals surface area contributed by atoms with Crippen LogP contribution in [0.4, 0.5) is 0 Å². The average molecular weight is 349 g/mol. The first-order valence-electron chi connectivity index (χ1n) is 9.19. The van der Waals surface area contributed by atoms with Gasteiger partial charge in [0.15, 0.2) is 5.96 Å². The molecule has 1 aliphatic rings. The Hall–Kier alpha value is -1.20. The summed E-state index contributed by atoms with van der Waals surface area (Å²) in [7, 11) is 1.86. The molecule has 134 valence electrons. The van der Waals surface area contributed by atoms with Crippen LogP contribution in [0.25, 0.3) is 0 Å². The molecule has 0 aromatic heterocycles. The molecule has 2 N–H and O–H groups in total. The highest BCUT2D eigenvalue weighted by Gasteiger charge is 2.19. The van der Waals surface area contributed by atoms with Crippen LogP contribution in [0.3, 0.4) is 0 Å². The molecule has 5 heteroatoms. The number of piperidine rings is 1. The lowest BCUT2D eigenvalue weighted by atomic mass is 10.1. The van der Waals surface area contributed by atoms with Crippen molar-refractivity contribution in [3.8, 4) is 0 Å². The average Bonchev–Trinajstić information content (AvgIpc) is 2.63. The first kappa shape index (κ1) is 19.1. The maximum absolute atomic E-state index is 4.37. The van der Waals surface area contributed by atoms with E-state index in [4.69, 9.17) is 0 Å². The Balaban J connectivity index is 1.57. The number of likely N-dealkylation sites (tertiary alicyclic amines) is 1. The van der Waals surface area contributed by atoms with E-state index in [-0.39, 0.29) is 0 Å². The van der Waals surface area contributed by atoms with Crippen molar-refractivity contribution in [1.29, 1.82) is 0 Å². The van der Waals surface area contributed by atoms with Gasteiger partial charge in [0.2, 0.25) is 0 Å². The molecule has 2 rings (SSSR count). The lowest BCUT2D eigenvalue weighted by Crippen LogP contribution is -2.48. The van der Waals surface area contributed by atoms with Gasteiger partial charge in [0.25, 0.3) is 0 Å². The number of hydrogen-bond acceptors (Lipinski definition) is 3. The van der Waals surface area contributed by atoms with E-state index in [0.29, 0.717) is 6.04 Å². The van der Waals surface area contributed by atoms with Crippen molar-refractivity contribution in [3.05, 3.63) is 30.3 Å². The molecule has 0 aliphatic carbocycles. The van der Waals surface area contributed by atoms with E-state index in [2.05, 4.69) is 57.8 Å². The summed E-state index contributed by atoms with van der Waals surface area (Å²) in [5, 5.41) is 7.03. The van der Waals surface area contributed by atoms with Gasteiger partial charge in [-0.3, -0.25) is 4.99 Å². The van der Waals surface area contributed by atoms with Crippen molar-refractivity contribution in [2.24, 2.45) is 4.99 Å². The third-order valence-corrected chi connectivity index (χ3v) is 5.42. The number of nitrogens with one attached hydrogen (secondary N) is 2. The van der Waals surface area contributed by atoms with Crippen LogP contribution in [0.15, 0.2) is 40.2 Å². The van der Waals surface area contributed by atoms with Crippen LogP contribution in [-0.2, 0) is 0 Å². The van der Waals surface area contributed by atoms with E-state index in [9.17, 15) is 0 Å². The van der Waals surface area contributed by atoms with Crippen molar-refractivity contribution in [2.75, 3.05) is 39.0 Å². The molecule has 0 saturated carbocycles. The van der Waals surface area contributed by atoms with Crippen LogP contribution in [0.1, 0.15) is 32.6 Å². The molecule has 0 amide bonds. The number of rotatable bonds is 8. The summed E-state index contributed by atoms with van der Waals surface area (Å²) in [5.41, 5.74) is 0. The summed E-state index contributed by atoms with van der Waals surface area (Å²) < 4.78 is 0. The van der Waals surface area contributed by atoms with Crippen LogP contribution in [0.2, 0.25) is 0 Å². The molecular formula is C19H32N4S. The zero-order valence-electron chi connectivity index (χ0n) is 15.1. The van der Waals surface area contributed by atoms with Gasteiger partial charge in [-0.25, -0.2) is 0 Å². The molecule has 0 bridgehead atoms. The lowest BCUT2D eigenvalue weighted by Gasteiger charge is -2.32. The van der Waals surface area contributed by atoms with E-state index in [0.717, 1.165) is 24.7 Å². The highest BCUT2D eigenvalue weighted by molar-refractivity contribution is 7.99. The van der Waals surface area contributed by atoms with E-state index >= 15 is 0 Å². The summed E-state index contributed by atoms with van der Waals surface area (Å²) in [6.07, 6.45) is 4.81. The maximum Gasteiger partial charge on any atom is 0.191 e. The zero-order valence-corrected chi connectivity index (χ0v) is 15.9. The van der Waals surface area contributed by atoms with Gasteiger partial charge >= 0.3 is 0 Å². The van der Waals surface area contributed by atoms with Crippen molar-refractivity contribution in [3.63, 3.8) is 0 Å². The number of guanidine groups is 1. The van der Waals surface area contributed by atoms with Gasteiger partial charge in [-0.2, -0.15) is 0 Å². The van der Waals surface area contributed by atoms with Crippen molar-refractivity contribution >= 4 is 17.7 Å². The van der Waals surface area contributed by atoms with Crippen LogP contribution in [0, 0.1) is 0 Å². The predicted octanol–water partition coefficient (Wildman–Crippen LogP) is 3.21. The van der Waals surface area contributed by atoms with Crippen LogP contribution >= 0.6 is 11.8 Å². The van der Waals surface area contributed by atoms with Gasteiger partial charge in [-0.15, -0.1) is 11.8 Å². The molecule has 24 heavy (non-hydrogen) atoms. The molecular weight excluding hydrogens is 316 g/mol. The molecule has 1 aromatic carbocycles. The van der Waals surface area contributed by atoms with Crippen LogP contribution in [0.5, 0.6) is 0 Å². The first-order chi connectivity index (χ1) is 11.8. The maximum atomic E-state index is 4.37. The van der Waals surface area contributed by atoms with E-state index < -0.39 is 0 Å². The molecule has 0 radical (unpaired) electrons. The van der Waals surface area contributed by atoms with Gasteiger partial charge in [0.05, 0.1) is 0 Å². The van der Waals surface area contributed by atoms with Gasteiger partial charge in [-0.1, -0.05) is 25.1 Å². The first-order valence-corrected chi connectivity index (χ1v) is 10.2. The summed E-state index contributed by atoms with van der Waals surface area (Å²) in [4.78, 5) is 8.28. The molecule has 1 saturated heterocycles. The number of nitrogens with zero attached hydrogens (tertiary/aromatic N) is 2. The third-order valence-electron chi connectivity index (χ3n) is 4.32. The highest BCUT2D eigenvalue weighted by atomic mass is 32.2. The Morgan fingerprint density at radius 3 is 2.67 bits per heavy atom. The number of aliphatic imine (C=N–C) groups is 1. The summed E-state index contributed by atoms with van der Waals surface area (Å²) in [5.74, 6) is 2.08. The minimum atomic E-state index is 0.558. The molecule has 0 unspecified atom stereocenters. The van der Waals surface area contributed by atoms with Gasteiger partial charge in [0.1, 0.15) is 0 Å². The van der Waals surface area contributed by atoms with Crippen molar-refractivity contribution in [1.82, 2.24) is 15.5 Å². The quantitative estimate of drug-likeness (QED) is 0.327. The smallest absolute Gasteiger partial charge is 0.191 e. The fraction of sp³-hybridized carbons (Fsp3) is 0.632. The minimum Gasteiger partial charge on any atom is -0.356 e. The second-order valence-electron chi connectivity index (χ2n) is 6.27. The Morgan fingerprint density at radius 2 is 2.00 bits per heavy atom. The summed E-state index contributed by atoms with van der Waals surface area (Å²) in [6, 6.07) is 11.2. The standard InChI is InChI=1S/C19H32N4S/c1-3-13-23-14-10-17(11-15-23)22-19(20-2)21-12-7-16-24-18-8-5-4-6-9-18/h4-6,8-9,17H,3,7,10-16H2,1-2H3,(H2,20,21,22). The SMILES string of the molecule is CCCN1CCC(NC(=NC)NCCCSc2ccccc2)CC1. The van der Waals surface area contributed by atoms with E-state index in [1.54, 1.807) is 0 Å². The largest absolute Gasteiger partial charge is 0.356 e. The Kier molecular flexibility index (Phi) is 9.06. The van der Waals surface area contributed by atoms with Crippen LogP contribution < -0.4 is 10.6 Å². The molecule has 0 spiro atoms. The Morgan fingerprint density at radius 1 is 1.25 bits per heavy atom. The Bertz CT molecular complexity index is 470. The van der Waals surface area contributed by atoms with Crippen molar-refractivity contribution in [2.45, 2.75) is 43.5 Å². The number of hydrogen-bond donors (Lipinski definition) is 2. The van der Waals surface area contributed by atoms with Gasteiger partial charge < -0.3 is 15.5 Å². The highest BCUT2D eigenvalue weighted by Crippen LogP contribution is 2.17. The second-order valence-corrected chi connectivity index (χ2v) is 7.44. The van der Waals surface area contributed by atoms with E-state index in [1.807, 2.05) is 18.8 Å². The van der Waals surface area contributed by atoms with Gasteiger partial charge in [-0.05, 0) is 50.1 Å². The topological polar surface area (TPSA) is 39.7 Å². The van der Waals surface area contributed by atoms with Gasteiger partial charge in [0, 0.05) is 37.6 Å². The van der Waals surface area contributed by atoms with E-state index in [1.165, 1.54) is 43.8 Å².